The van der Waals surface area contributed by atoms with Crippen LogP contribution in [0.3, 0.4) is 0 Å². The van der Waals surface area contributed by atoms with Gasteiger partial charge in [-0.3, -0.25) is 4.79 Å². The topological polar surface area (TPSA) is 55.8 Å². The molecule has 0 unspecified atom stereocenters. The maximum Gasteiger partial charge on any atom is 0.307 e. The summed E-state index contributed by atoms with van der Waals surface area (Å²) in [5.74, 6) is 0.413. The summed E-state index contributed by atoms with van der Waals surface area (Å²) < 4.78 is 11.8. The first kappa shape index (κ1) is 11.3. The molecule has 0 saturated carbocycles. The molecule has 1 heterocycles. The second-order valence-electron chi connectivity index (χ2n) is 3.53. The number of carbonyl (C=O) groups is 1. The van der Waals surface area contributed by atoms with E-state index in [0.29, 0.717) is 30.3 Å². The molecule has 1 aromatic rings. The van der Waals surface area contributed by atoms with Crippen LogP contribution in [0.5, 0.6) is 11.5 Å². The van der Waals surface area contributed by atoms with Gasteiger partial charge in [-0.1, -0.05) is 0 Å². The second kappa shape index (κ2) is 4.74. The van der Waals surface area contributed by atoms with Crippen LogP contribution < -0.4 is 9.47 Å². The van der Waals surface area contributed by atoms with E-state index in [-0.39, 0.29) is 6.42 Å². The molecule has 1 aliphatic rings. The number of hydrogen-bond donors (Lipinski definition) is 1. The van der Waals surface area contributed by atoms with Crippen LogP contribution in [0.25, 0.3) is 0 Å². The van der Waals surface area contributed by atoms with Crippen molar-refractivity contribution >= 4 is 21.9 Å². The summed E-state index contributed by atoms with van der Waals surface area (Å²) >= 11 is 3.36. The van der Waals surface area contributed by atoms with Crippen LogP contribution in [0.4, 0.5) is 0 Å². The number of aliphatic carboxylic acids is 1. The number of benzene rings is 1. The van der Waals surface area contributed by atoms with E-state index in [9.17, 15) is 4.79 Å². The lowest BCUT2D eigenvalue weighted by molar-refractivity contribution is -0.136. The van der Waals surface area contributed by atoms with Gasteiger partial charge in [-0.25, -0.2) is 0 Å². The molecule has 0 atom stereocenters. The van der Waals surface area contributed by atoms with Crippen molar-refractivity contribution in [2.75, 3.05) is 13.2 Å². The fraction of sp³-hybridized carbons (Fsp3) is 0.364. The van der Waals surface area contributed by atoms with E-state index < -0.39 is 5.97 Å². The van der Waals surface area contributed by atoms with Crippen molar-refractivity contribution in [3.63, 3.8) is 0 Å². The Morgan fingerprint density at radius 3 is 2.88 bits per heavy atom. The Labute approximate surface area is 101 Å². The predicted molar refractivity (Wildman–Crippen MR) is 61.1 cm³/mol. The van der Waals surface area contributed by atoms with Crippen molar-refractivity contribution < 1.29 is 19.4 Å². The van der Waals surface area contributed by atoms with Gasteiger partial charge in [0.05, 0.1) is 24.1 Å². The van der Waals surface area contributed by atoms with E-state index in [1.165, 1.54) is 0 Å². The molecule has 5 heteroatoms. The average molecular weight is 287 g/mol. The molecule has 86 valence electrons. The number of halogens is 1. The third-order valence-electron chi connectivity index (χ3n) is 2.22. The molecular weight excluding hydrogens is 276 g/mol. The summed E-state index contributed by atoms with van der Waals surface area (Å²) in [7, 11) is 0. The fourth-order valence-corrected chi connectivity index (χ4v) is 2.16. The molecule has 1 aliphatic heterocycles. The Balaban J connectivity index is 2.35. The van der Waals surface area contributed by atoms with Crippen molar-refractivity contribution in [3.05, 3.63) is 22.2 Å². The molecule has 0 amide bonds. The maximum atomic E-state index is 10.6. The van der Waals surface area contributed by atoms with E-state index in [1.54, 1.807) is 12.1 Å². The summed E-state index contributed by atoms with van der Waals surface area (Å²) in [4.78, 5) is 10.6. The van der Waals surface area contributed by atoms with E-state index in [4.69, 9.17) is 14.6 Å². The van der Waals surface area contributed by atoms with Gasteiger partial charge in [-0.05, 0) is 33.6 Å². The number of hydrogen-bond acceptors (Lipinski definition) is 3. The average Bonchev–Trinajstić information content (AvgIpc) is 2.41. The summed E-state index contributed by atoms with van der Waals surface area (Å²) in [5, 5.41) is 8.73. The lowest BCUT2D eigenvalue weighted by Crippen LogP contribution is -2.01. The number of rotatable bonds is 2. The maximum absolute atomic E-state index is 10.6. The van der Waals surface area contributed by atoms with Crippen LogP contribution in [-0.4, -0.2) is 24.3 Å². The first-order valence-electron chi connectivity index (χ1n) is 4.96. The van der Waals surface area contributed by atoms with Gasteiger partial charge in [0, 0.05) is 6.42 Å². The molecule has 0 bridgehead atoms. The highest BCUT2D eigenvalue weighted by molar-refractivity contribution is 9.10. The molecule has 4 nitrogen and oxygen atoms in total. The smallest absolute Gasteiger partial charge is 0.307 e. The summed E-state index contributed by atoms with van der Waals surface area (Å²) in [5.41, 5.74) is 0.698. The molecule has 0 fully saturated rings. The molecule has 0 saturated heterocycles. The van der Waals surface area contributed by atoms with Crippen molar-refractivity contribution in [1.82, 2.24) is 0 Å². The minimum atomic E-state index is -0.860. The normalized spacial score (nSPS) is 14.3. The lowest BCUT2D eigenvalue weighted by atomic mass is 10.1. The standard InChI is InChI=1S/C11H11BrO4/c12-8-4-7(6-10(13)14)5-9-11(8)16-3-1-2-15-9/h4-5H,1-3,6H2,(H,13,14). The molecule has 1 aromatic carbocycles. The molecule has 1 N–H and O–H groups in total. The molecule has 16 heavy (non-hydrogen) atoms. The van der Waals surface area contributed by atoms with Crippen LogP contribution in [0.15, 0.2) is 16.6 Å². The van der Waals surface area contributed by atoms with Gasteiger partial charge in [0.25, 0.3) is 0 Å². The van der Waals surface area contributed by atoms with Gasteiger partial charge in [0.15, 0.2) is 11.5 Å². The van der Waals surface area contributed by atoms with Crippen molar-refractivity contribution in [1.29, 1.82) is 0 Å². The minimum absolute atomic E-state index is 0.0186. The van der Waals surface area contributed by atoms with Gasteiger partial charge >= 0.3 is 5.97 Å². The fourth-order valence-electron chi connectivity index (χ4n) is 1.56. The zero-order valence-corrected chi connectivity index (χ0v) is 10.1. The quantitative estimate of drug-likeness (QED) is 0.906. The van der Waals surface area contributed by atoms with Gasteiger partial charge in [-0.2, -0.15) is 0 Å². The highest BCUT2D eigenvalue weighted by Gasteiger charge is 2.16. The van der Waals surface area contributed by atoms with Gasteiger partial charge < -0.3 is 14.6 Å². The second-order valence-corrected chi connectivity index (χ2v) is 4.38. The molecule has 0 spiro atoms. The first-order valence-corrected chi connectivity index (χ1v) is 5.76. The first-order chi connectivity index (χ1) is 7.66. The third-order valence-corrected chi connectivity index (χ3v) is 2.81. The number of ether oxygens (including phenoxy) is 2. The van der Waals surface area contributed by atoms with E-state index in [1.807, 2.05) is 0 Å². The lowest BCUT2D eigenvalue weighted by Gasteiger charge is -2.10. The van der Waals surface area contributed by atoms with Crippen LogP contribution in [0.1, 0.15) is 12.0 Å². The van der Waals surface area contributed by atoms with Crippen LogP contribution >= 0.6 is 15.9 Å². The number of carboxylic acids is 1. The van der Waals surface area contributed by atoms with Crippen LogP contribution in [0.2, 0.25) is 0 Å². The number of fused-ring (bicyclic) bond motifs is 1. The Kier molecular flexibility index (Phi) is 3.33. The molecule has 0 aromatic heterocycles. The zero-order chi connectivity index (χ0) is 11.5. The van der Waals surface area contributed by atoms with Crippen LogP contribution in [0, 0.1) is 0 Å². The molecular formula is C11H11BrO4. The Bertz CT molecular complexity index is 417. The monoisotopic (exact) mass is 286 g/mol. The summed E-state index contributed by atoms with van der Waals surface area (Å²) in [6, 6.07) is 3.47. The number of carboxylic acid groups (broad SMARTS) is 1. The highest BCUT2D eigenvalue weighted by atomic mass is 79.9. The zero-order valence-electron chi connectivity index (χ0n) is 8.53. The van der Waals surface area contributed by atoms with E-state index >= 15 is 0 Å². The Hall–Kier alpha value is -1.23. The van der Waals surface area contributed by atoms with Crippen molar-refractivity contribution in [2.45, 2.75) is 12.8 Å². The SMILES string of the molecule is O=C(O)Cc1cc(Br)c2c(c1)OCCCO2. The van der Waals surface area contributed by atoms with Crippen molar-refractivity contribution in [3.8, 4) is 11.5 Å². The van der Waals surface area contributed by atoms with E-state index in [2.05, 4.69) is 15.9 Å². The summed E-state index contributed by atoms with van der Waals surface area (Å²) in [6.07, 6.45) is 0.810. The minimum Gasteiger partial charge on any atom is -0.490 e. The van der Waals surface area contributed by atoms with Gasteiger partial charge in [0.2, 0.25) is 0 Å². The Morgan fingerprint density at radius 2 is 2.12 bits per heavy atom. The summed E-state index contributed by atoms with van der Waals surface area (Å²) in [6.45, 7) is 1.21. The molecule has 2 rings (SSSR count). The predicted octanol–water partition coefficient (Wildman–Crippen LogP) is 2.24. The van der Waals surface area contributed by atoms with E-state index in [0.717, 1.165) is 10.9 Å². The third kappa shape index (κ3) is 2.47. The van der Waals surface area contributed by atoms with Gasteiger partial charge in [-0.15, -0.1) is 0 Å². The molecule has 0 radical (unpaired) electrons. The largest absolute Gasteiger partial charge is 0.490 e. The Morgan fingerprint density at radius 1 is 1.38 bits per heavy atom. The highest BCUT2D eigenvalue weighted by Crippen LogP contribution is 2.38. The van der Waals surface area contributed by atoms with Crippen molar-refractivity contribution in [2.24, 2.45) is 0 Å². The van der Waals surface area contributed by atoms with Crippen LogP contribution in [-0.2, 0) is 11.2 Å². The molecule has 0 aliphatic carbocycles. The van der Waals surface area contributed by atoms with Gasteiger partial charge in [0.1, 0.15) is 0 Å².